The molecule has 0 saturated carbocycles. The van der Waals surface area contributed by atoms with Crippen molar-refractivity contribution in [2.75, 3.05) is 16.4 Å². The molecule has 2 heterocycles. The highest BCUT2D eigenvalue weighted by molar-refractivity contribution is 7.99. The fourth-order valence-corrected chi connectivity index (χ4v) is 5.15. The number of hydrogen-bond acceptors (Lipinski definition) is 5. The molecule has 1 aliphatic rings. The number of unbranched alkanes of at least 4 members (excludes halogenated alkanes) is 1. The van der Waals surface area contributed by atoms with Crippen LogP contribution in [0.2, 0.25) is 10.0 Å². The van der Waals surface area contributed by atoms with Gasteiger partial charge in [0, 0.05) is 32.7 Å². The summed E-state index contributed by atoms with van der Waals surface area (Å²) in [6.07, 6.45) is 2.18. The number of hydrogen-bond donors (Lipinski definition) is 2. The van der Waals surface area contributed by atoms with Crippen LogP contribution < -0.4 is 10.6 Å². The van der Waals surface area contributed by atoms with E-state index in [1.54, 1.807) is 28.6 Å². The monoisotopic (exact) mass is 501 g/mol. The third-order valence-electron chi connectivity index (χ3n) is 5.34. The van der Waals surface area contributed by atoms with E-state index in [0.717, 1.165) is 35.4 Å². The van der Waals surface area contributed by atoms with E-state index >= 15 is 0 Å². The number of nitrogens with zero attached hydrogens (tertiary/aromatic N) is 3. The Kier molecular flexibility index (Phi) is 7.32. The Hall–Kier alpha value is -2.48. The predicted molar refractivity (Wildman–Crippen MR) is 136 cm³/mol. The number of benzene rings is 2. The molecular weight excluding hydrogens is 477 g/mol. The number of anilines is 2. The normalized spacial score (nSPS) is 15.2. The molecule has 4 rings (SSSR count). The molecular formula is C24H25Cl2N5OS. The Morgan fingerprint density at radius 2 is 2.03 bits per heavy atom. The summed E-state index contributed by atoms with van der Waals surface area (Å²) < 4.78 is 1.74. The Balaban J connectivity index is 1.76. The zero-order chi connectivity index (χ0) is 23.5. The van der Waals surface area contributed by atoms with E-state index in [9.17, 15) is 4.79 Å². The van der Waals surface area contributed by atoms with Crippen molar-refractivity contribution in [1.82, 2.24) is 14.8 Å². The van der Waals surface area contributed by atoms with E-state index < -0.39 is 6.04 Å². The summed E-state index contributed by atoms with van der Waals surface area (Å²) in [5.41, 5.74) is 3.73. The van der Waals surface area contributed by atoms with Crippen molar-refractivity contribution in [3.8, 4) is 0 Å². The van der Waals surface area contributed by atoms with Crippen molar-refractivity contribution in [3.05, 3.63) is 74.9 Å². The maximum absolute atomic E-state index is 13.5. The van der Waals surface area contributed by atoms with Crippen LogP contribution in [0.25, 0.3) is 0 Å². The first-order valence-electron chi connectivity index (χ1n) is 10.8. The molecule has 0 bridgehead atoms. The van der Waals surface area contributed by atoms with E-state index in [1.165, 1.54) is 0 Å². The van der Waals surface area contributed by atoms with Crippen LogP contribution in [0.15, 0.2) is 58.9 Å². The molecule has 1 unspecified atom stereocenters. The Bertz CT molecular complexity index is 1220. The average Bonchev–Trinajstić information content (AvgIpc) is 3.15. The zero-order valence-electron chi connectivity index (χ0n) is 18.7. The molecule has 1 aliphatic heterocycles. The summed E-state index contributed by atoms with van der Waals surface area (Å²) >= 11 is 14.4. The second kappa shape index (κ2) is 10.2. The maximum atomic E-state index is 13.5. The fourth-order valence-electron chi connectivity index (χ4n) is 3.73. The quantitative estimate of drug-likeness (QED) is 0.278. The molecule has 0 aliphatic carbocycles. The first-order chi connectivity index (χ1) is 15.9. The highest BCUT2D eigenvalue weighted by Crippen LogP contribution is 2.40. The molecule has 1 atom stereocenters. The average molecular weight is 502 g/mol. The molecule has 1 aromatic heterocycles. The molecule has 0 spiro atoms. The van der Waals surface area contributed by atoms with Crippen LogP contribution in [0, 0.1) is 6.92 Å². The zero-order valence-corrected chi connectivity index (χ0v) is 21.0. The number of aryl methyl sites for hydroxylation is 1. The van der Waals surface area contributed by atoms with E-state index in [1.807, 2.05) is 44.2 Å². The topological polar surface area (TPSA) is 71.8 Å². The molecule has 172 valence electrons. The van der Waals surface area contributed by atoms with Gasteiger partial charge in [-0.2, -0.15) is 4.98 Å². The summed E-state index contributed by atoms with van der Waals surface area (Å²) in [5, 5.41) is 12.7. The number of carbonyl (C=O) groups is 1. The van der Waals surface area contributed by atoms with Gasteiger partial charge in [0.25, 0.3) is 5.91 Å². The molecule has 6 nitrogen and oxygen atoms in total. The van der Waals surface area contributed by atoms with Crippen LogP contribution in [0.3, 0.4) is 0 Å². The van der Waals surface area contributed by atoms with Crippen LogP contribution in [-0.4, -0.2) is 26.4 Å². The molecule has 2 aromatic carbocycles. The number of halogens is 2. The minimum absolute atomic E-state index is 0.233. The standard InChI is InChI=1S/C24H25Cl2N5OS/c1-4-5-11-33-24-29-23-27-15(3)20(22(32)28-17-8-6-7-14(2)12-17)21(31(23)30-24)18-10-9-16(25)13-19(18)26/h6-10,12-13,21H,4-5,11H2,1-3H3,(H,28,32)(H,27,29,30). The lowest BCUT2D eigenvalue weighted by molar-refractivity contribution is -0.113. The summed E-state index contributed by atoms with van der Waals surface area (Å²) in [5.74, 6) is 1.27. The third-order valence-corrected chi connectivity index (χ3v) is 6.83. The van der Waals surface area contributed by atoms with E-state index in [-0.39, 0.29) is 5.91 Å². The summed E-state index contributed by atoms with van der Waals surface area (Å²) in [6.45, 7) is 6.00. The molecule has 2 N–H and O–H groups in total. The first-order valence-corrected chi connectivity index (χ1v) is 12.5. The minimum Gasteiger partial charge on any atom is -0.328 e. The van der Waals surface area contributed by atoms with Crippen molar-refractivity contribution in [2.45, 2.75) is 44.8 Å². The van der Waals surface area contributed by atoms with Gasteiger partial charge in [-0.1, -0.05) is 66.5 Å². The van der Waals surface area contributed by atoms with Crippen molar-refractivity contribution in [3.63, 3.8) is 0 Å². The number of carbonyl (C=O) groups excluding carboxylic acids is 1. The fraction of sp³-hybridized carbons (Fsp3) is 0.292. The highest BCUT2D eigenvalue weighted by Gasteiger charge is 2.35. The first kappa shape index (κ1) is 23.7. The van der Waals surface area contributed by atoms with Gasteiger partial charge in [0.05, 0.1) is 5.57 Å². The molecule has 3 aromatic rings. The lowest BCUT2D eigenvalue weighted by Gasteiger charge is -2.29. The molecule has 33 heavy (non-hydrogen) atoms. The number of thioether (sulfide) groups is 1. The van der Waals surface area contributed by atoms with E-state index in [0.29, 0.717) is 32.4 Å². The van der Waals surface area contributed by atoms with Gasteiger partial charge in [-0.3, -0.25) is 4.79 Å². The smallest absolute Gasteiger partial charge is 0.255 e. The number of aromatic nitrogens is 3. The van der Waals surface area contributed by atoms with Crippen LogP contribution in [0.4, 0.5) is 11.6 Å². The van der Waals surface area contributed by atoms with Crippen molar-refractivity contribution in [1.29, 1.82) is 0 Å². The Morgan fingerprint density at radius 3 is 2.76 bits per heavy atom. The van der Waals surface area contributed by atoms with Crippen molar-refractivity contribution >= 4 is 52.5 Å². The van der Waals surface area contributed by atoms with Crippen molar-refractivity contribution in [2.24, 2.45) is 0 Å². The highest BCUT2D eigenvalue weighted by atomic mass is 35.5. The lowest BCUT2D eigenvalue weighted by Crippen LogP contribution is -2.31. The van der Waals surface area contributed by atoms with Gasteiger partial charge in [-0.25, -0.2) is 4.68 Å². The van der Waals surface area contributed by atoms with Gasteiger partial charge in [0.2, 0.25) is 11.1 Å². The molecule has 0 fully saturated rings. The van der Waals surface area contributed by atoms with Gasteiger partial charge >= 0.3 is 0 Å². The SMILES string of the molecule is CCCCSc1nc2n(n1)C(c1ccc(Cl)cc1Cl)C(C(=O)Nc1cccc(C)c1)=C(C)N2. The number of allylic oxidation sites excluding steroid dienone is 1. The summed E-state index contributed by atoms with van der Waals surface area (Å²) in [7, 11) is 0. The van der Waals surface area contributed by atoms with Crippen LogP contribution in [-0.2, 0) is 4.79 Å². The maximum Gasteiger partial charge on any atom is 0.255 e. The summed E-state index contributed by atoms with van der Waals surface area (Å²) in [6, 6.07) is 12.4. The molecule has 9 heteroatoms. The number of rotatable bonds is 7. The molecule has 1 amide bonds. The van der Waals surface area contributed by atoms with Gasteiger partial charge in [0.1, 0.15) is 6.04 Å². The number of amides is 1. The predicted octanol–water partition coefficient (Wildman–Crippen LogP) is 6.71. The number of nitrogens with one attached hydrogen (secondary N) is 2. The molecule has 0 radical (unpaired) electrons. The summed E-state index contributed by atoms with van der Waals surface area (Å²) in [4.78, 5) is 18.2. The van der Waals surface area contributed by atoms with Crippen molar-refractivity contribution < 1.29 is 4.79 Å². The third kappa shape index (κ3) is 5.21. The Labute approximate surface area is 207 Å². The number of fused-ring (bicyclic) bond motifs is 1. The largest absolute Gasteiger partial charge is 0.328 e. The second-order valence-corrected chi connectivity index (χ2v) is 9.83. The van der Waals surface area contributed by atoms with Crippen LogP contribution in [0.1, 0.15) is 43.9 Å². The van der Waals surface area contributed by atoms with Crippen LogP contribution in [0.5, 0.6) is 0 Å². The second-order valence-electron chi connectivity index (χ2n) is 7.92. The van der Waals surface area contributed by atoms with Gasteiger partial charge in [0.15, 0.2) is 0 Å². The minimum atomic E-state index is -0.552. The lowest BCUT2D eigenvalue weighted by atomic mass is 9.95. The van der Waals surface area contributed by atoms with E-state index in [4.69, 9.17) is 28.3 Å². The van der Waals surface area contributed by atoms with Crippen LogP contribution >= 0.6 is 35.0 Å². The van der Waals surface area contributed by atoms with E-state index in [2.05, 4.69) is 22.5 Å². The van der Waals surface area contributed by atoms with Gasteiger partial charge < -0.3 is 10.6 Å². The van der Waals surface area contributed by atoms with Gasteiger partial charge in [-0.05, 0) is 50.1 Å². The van der Waals surface area contributed by atoms with Gasteiger partial charge in [-0.15, -0.1) is 5.10 Å². The molecule has 0 saturated heterocycles. The Morgan fingerprint density at radius 1 is 1.21 bits per heavy atom.